The Balaban J connectivity index is 1.43. The minimum absolute atomic E-state index is 0.0241. The summed E-state index contributed by atoms with van der Waals surface area (Å²) in [7, 11) is 1.69. The van der Waals surface area contributed by atoms with Gasteiger partial charge < -0.3 is 24.3 Å². The van der Waals surface area contributed by atoms with Crippen molar-refractivity contribution in [2.24, 2.45) is 0 Å². The molecule has 0 bridgehead atoms. The quantitative estimate of drug-likeness (QED) is 0.498. The number of nitrogens with one attached hydrogen (secondary N) is 1. The lowest BCUT2D eigenvalue weighted by molar-refractivity contribution is 0.0365. The lowest BCUT2D eigenvalue weighted by Crippen LogP contribution is -2.39. The Morgan fingerprint density at radius 3 is 2.62 bits per heavy atom. The van der Waals surface area contributed by atoms with Gasteiger partial charge in [0.1, 0.15) is 5.75 Å². The van der Waals surface area contributed by atoms with E-state index >= 15 is 0 Å². The van der Waals surface area contributed by atoms with Gasteiger partial charge in [0.2, 0.25) is 0 Å². The van der Waals surface area contributed by atoms with E-state index in [1.54, 1.807) is 7.11 Å². The van der Waals surface area contributed by atoms with E-state index in [1.807, 2.05) is 30.5 Å². The number of hydrogen-bond acceptors (Lipinski definition) is 5. The third-order valence-corrected chi connectivity index (χ3v) is 6.96. The number of aromatic nitrogens is 2. The third-order valence-electron chi connectivity index (χ3n) is 6.61. The summed E-state index contributed by atoms with van der Waals surface area (Å²) in [5, 5.41) is 4.35. The molecule has 1 N–H and O–H groups in total. The summed E-state index contributed by atoms with van der Waals surface area (Å²) in [6.07, 6.45) is 5.00. The molecule has 2 fully saturated rings. The minimum atomic E-state index is -0.0241. The molecule has 5 rings (SSSR count). The first-order valence-electron chi connectivity index (χ1n) is 11.8. The lowest BCUT2D eigenvalue weighted by Gasteiger charge is -2.31. The first-order valence-corrected chi connectivity index (χ1v) is 12.3. The van der Waals surface area contributed by atoms with E-state index in [0.717, 1.165) is 68.1 Å². The number of nitrogens with zero attached hydrogens (tertiary/aromatic N) is 4. The standard InChI is InChI=1S/C26H31N5O2S/c1-32-21-10-8-20(9-11-21)30-14-4-7-23(30)25-24(22-6-2-3-12-27-22)28-26(34)31(25)15-5-13-29-16-18-33-19-17-29/h2-4,6-12,14,24-25H,5,13,15-19H2,1H3,(H,28,34)/t24-,25+/m1/s1. The van der Waals surface area contributed by atoms with Gasteiger partial charge in [-0.1, -0.05) is 6.07 Å². The van der Waals surface area contributed by atoms with Crippen molar-refractivity contribution in [2.75, 3.05) is 46.5 Å². The molecule has 0 saturated carbocycles. The van der Waals surface area contributed by atoms with Gasteiger partial charge in [-0.25, -0.2) is 0 Å². The molecule has 0 spiro atoms. The van der Waals surface area contributed by atoms with Gasteiger partial charge in [-0.2, -0.15) is 0 Å². The van der Waals surface area contributed by atoms with Gasteiger partial charge in [-0.15, -0.1) is 0 Å². The van der Waals surface area contributed by atoms with Crippen molar-refractivity contribution in [1.29, 1.82) is 0 Å². The van der Waals surface area contributed by atoms with Crippen molar-refractivity contribution in [2.45, 2.75) is 18.5 Å². The van der Waals surface area contributed by atoms with Crippen molar-refractivity contribution in [3.05, 3.63) is 78.4 Å². The molecule has 2 aromatic heterocycles. The predicted molar refractivity (Wildman–Crippen MR) is 136 cm³/mol. The summed E-state index contributed by atoms with van der Waals surface area (Å²) < 4.78 is 13.1. The Kier molecular flexibility index (Phi) is 7.08. The summed E-state index contributed by atoms with van der Waals surface area (Å²) in [4.78, 5) is 9.48. The molecule has 34 heavy (non-hydrogen) atoms. The van der Waals surface area contributed by atoms with Crippen LogP contribution in [0.4, 0.5) is 0 Å². The molecule has 0 amide bonds. The number of rotatable bonds is 8. The summed E-state index contributed by atoms with van der Waals surface area (Å²) in [6, 6.07) is 18.5. The van der Waals surface area contributed by atoms with Gasteiger partial charge in [-0.05, 0) is 67.2 Å². The van der Waals surface area contributed by atoms with Crippen LogP contribution in [0.25, 0.3) is 5.69 Å². The molecule has 3 aromatic rings. The van der Waals surface area contributed by atoms with Gasteiger partial charge >= 0.3 is 0 Å². The molecular weight excluding hydrogens is 446 g/mol. The maximum absolute atomic E-state index is 5.86. The summed E-state index contributed by atoms with van der Waals surface area (Å²) in [5.74, 6) is 0.845. The third kappa shape index (κ3) is 4.80. The summed E-state index contributed by atoms with van der Waals surface area (Å²) in [5.41, 5.74) is 3.26. The molecule has 2 saturated heterocycles. The van der Waals surface area contributed by atoms with E-state index in [2.05, 4.69) is 61.2 Å². The van der Waals surface area contributed by atoms with Crippen LogP contribution in [0.15, 0.2) is 67.0 Å². The van der Waals surface area contributed by atoms with E-state index in [9.17, 15) is 0 Å². The maximum atomic E-state index is 5.86. The number of morpholine rings is 1. The van der Waals surface area contributed by atoms with Crippen molar-refractivity contribution in [1.82, 2.24) is 24.7 Å². The molecule has 0 unspecified atom stereocenters. The smallest absolute Gasteiger partial charge is 0.170 e. The number of benzene rings is 1. The van der Waals surface area contributed by atoms with Crippen molar-refractivity contribution < 1.29 is 9.47 Å². The summed E-state index contributed by atoms with van der Waals surface area (Å²) in [6.45, 7) is 5.58. The fraction of sp³-hybridized carbons (Fsp3) is 0.385. The Morgan fingerprint density at radius 2 is 1.88 bits per heavy atom. The molecule has 178 valence electrons. The zero-order valence-electron chi connectivity index (χ0n) is 19.5. The SMILES string of the molecule is COc1ccc(-n2cccc2[C@H]2[C@@H](c3ccccn3)NC(=S)N2CCCN2CCOCC2)cc1. The highest BCUT2D eigenvalue weighted by Crippen LogP contribution is 2.39. The van der Waals surface area contributed by atoms with Gasteiger partial charge in [0.25, 0.3) is 0 Å². The summed E-state index contributed by atoms with van der Waals surface area (Å²) >= 11 is 5.86. The normalized spacial score (nSPS) is 21.0. The molecular formula is C26H31N5O2S. The van der Waals surface area contributed by atoms with Crippen molar-refractivity contribution in [3.8, 4) is 11.4 Å². The van der Waals surface area contributed by atoms with Crippen LogP contribution in [0.3, 0.4) is 0 Å². The second-order valence-corrected chi connectivity index (χ2v) is 9.02. The number of thiocarbonyl (C=S) groups is 1. The van der Waals surface area contributed by atoms with Crippen LogP contribution < -0.4 is 10.1 Å². The van der Waals surface area contributed by atoms with E-state index in [4.69, 9.17) is 21.7 Å². The average molecular weight is 478 g/mol. The fourth-order valence-corrected chi connectivity index (χ4v) is 5.20. The average Bonchev–Trinajstić information content (AvgIpc) is 3.50. The van der Waals surface area contributed by atoms with E-state index in [-0.39, 0.29) is 12.1 Å². The monoisotopic (exact) mass is 477 g/mol. The van der Waals surface area contributed by atoms with Crippen LogP contribution in [0.2, 0.25) is 0 Å². The minimum Gasteiger partial charge on any atom is -0.497 e. The second-order valence-electron chi connectivity index (χ2n) is 8.63. The van der Waals surface area contributed by atoms with Crippen LogP contribution in [0.5, 0.6) is 5.75 Å². The van der Waals surface area contributed by atoms with E-state index < -0.39 is 0 Å². The van der Waals surface area contributed by atoms with Gasteiger partial charge in [0.15, 0.2) is 5.11 Å². The second kappa shape index (κ2) is 10.5. The van der Waals surface area contributed by atoms with Gasteiger partial charge in [0, 0.05) is 50.0 Å². The maximum Gasteiger partial charge on any atom is 0.170 e. The zero-order chi connectivity index (χ0) is 23.3. The highest BCUT2D eigenvalue weighted by Gasteiger charge is 2.41. The Bertz CT molecular complexity index is 1080. The molecule has 0 aliphatic carbocycles. The lowest BCUT2D eigenvalue weighted by atomic mass is 10.0. The van der Waals surface area contributed by atoms with Crippen LogP contribution >= 0.6 is 12.2 Å². The Labute approximate surface area is 206 Å². The van der Waals surface area contributed by atoms with Crippen LogP contribution in [0.1, 0.15) is 29.9 Å². The fourth-order valence-electron chi connectivity index (χ4n) is 4.87. The number of methoxy groups -OCH3 is 1. The molecule has 0 radical (unpaired) electrons. The van der Waals surface area contributed by atoms with Gasteiger partial charge in [0.05, 0.1) is 38.1 Å². The molecule has 8 heteroatoms. The first-order chi connectivity index (χ1) is 16.7. The highest BCUT2D eigenvalue weighted by atomic mass is 32.1. The molecule has 2 aliphatic heterocycles. The number of pyridine rings is 1. The molecule has 4 heterocycles. The topological polar surface area (TPSA) is 54.8 Å². The Morgan fingerprint density at radius 1 is 1.06 bits per heavy atom. The van der Waals surface area contributed by atoms with Crippen LogP contribution in [-0.4, -0.2) is 71.0 Å². The molecule has 7 nitrogen and oxygen atoms in total. The van der Waals surface area contributed by atoms with Gasteiger partial charge in [-0.3, -0.25) is 9.88 Å². The van der Waals surface area contributed by atoms with E-state index in [0.29, 0.717) is 0 Å². The molecule has 2 atom stereocenters. The predicted octanol–water partition coefficient (Wildman–Crippen LogP) is 3.58. The molecule has 2 aliphatic rings. The van der Waals surface area contributed by atoms with Crippen molar-refractivity contribution >= 4 is 17.3 Å². The van der Waals surface area contributed by atoms with E-state index in [1.165, 1.54) is 5.69 Å². The first kappa shape index (κ1) is 22.8. The van der Waals surface area contributed by atoms with Crippen LogP contribution in [-0.2, 0) is 4.74 Å². The van der Waals surface area contributed by atoms with Crippen molar-refractivity contribution in [3.63, 3.8) is 0 Å². The molecule has 1 aromatic carbocycles. The number of ether oxygens (including phenoxy) is 2. The highest BCUT2D eigenvalue weighted by molar-refractivity contribution is 7.80. The number of hydrogen-bond donors (Lipinski definition) is 1. The van der Waals surface area contributed by atoms with Crippen LogP contribution in [0, 0.1) is 0 Å². The Hall–Kier alpha value is -2.94. The zero-order valence-corrected chi connectivity index (χ0v) is 20.3. The largest absolute Gasteiger partial charge is 0.497 e.